The number of carboxylic acids is 1. The van der Waals surface area contributed by atoms with Crippen molar-refractivity contribution in [2.24, 2.45) is 0 Å². The van der Waals surface area contributed by atoms with E-state index in [4.69, 9.17) is 12.0 Å². The highest BCUT2D eigenvalue weighted by Crippen LogP contribution is 1.97. The van der Waals surface area contributed by atoms with E-state index in [9.17, 15) is 14.4 Å². The molecule has 0 aromatic heterocycles. The van der Waals surface area contributed by atoms with E-state index in [2.05, 4.69) is 0 Å². The molecule has 0 aliphatic rings. The standard InChI is InChI=1S/C8H10O4/c1-2-6(9)5-7(10)3-4-8(11)12/h1H,2-5H2,(H,11,12). The summed E-state index contributed by atoms with van der Waals surface area (Å²) in [7, 11) is 0. The van der Waals surface area contributed by atoms with Crippen molar-refractivity contribution in [3.05, 3.63) is 6.92 Å². The first kappa shape index (κ1) is 10.8. The SMILES string of the molecule is [CH]CC(=O)CC(=O)CCC(=O)O. The van der Waals surface area contributed by atoms with Crippen molar-refractivity contribution in [2.75, 3.05) is 0 Å². The summed E-state index contributed by atoms with van der Waals surface area (Å²) in [6.45, 7) is 4.96. The van der Waals surface area contributed by atoms with Gasteiger partial charge in [0.2, 0.25) is 0 Å². The van der Waals surface area contributed by atoms with Crippen LogP contribution in [0.2, 0.25) is 0 Å². The predicted octanol–water partition coefficient (Wildman–Crippen LogP) is 0.481. The van der Waals surface area contributed by atoms with Crippen LogP contribution in [-0.4, -0.2) is 22.6 Å². The number of rotatable bonds is 6. The number of aliphatic carboxylic acids is 1. The first-order valence-corrected chi connectivity index (χ1v) is 3.51. The van der Waals surface area contributed by atoms with Gasteiger partial charge in [-0.25, -0.2) is 0 Å². The zero-order valence-corrected chi connectivity index (χ0v) is 6.58. The Hall–Kier alpha value is -1.19. The molecule has 0 unspecified atom stereocenters. The fraction of sp³-hybridized carbons (Fsp3) is 0.500. The molecule has 0 aliphatic carbocycles. The first-order valence-electron chi connectivity index (χ1n) is 3.51. The van der Waals surface area contributed by atoms with E-state index >= 15 is 0 Å². The third-order valence-electron chi connectivity index (χ3n) is 1.24. The van der Waals surface area contributed by atoms with Gasteiger partial charge < -0.3 is 5.11 Å². The summed E-state index contributed by atoms with van der Waals surface area (Å²) < 4.78 is 0. The molecule has 12 heavy (non-hydrogen) atoms. The van der Waals surface area contributed by atoms with Gasteiger partial charge in [-0.1, -0.05) is 0 Å². The Labute approximate surface area is 70.6 Å². The lowest BCUT2D eigenvalue weighted by Crippen LogP contribution is -2.08. The second-order valence-corrected chi connectivity index (χ2v) is 2.35. The van der Waals surface area contributed by atoms with Crippen LogP contribution in [0.4, 0.5) is 0 Å². The number of carbonyl (C=O) groups is 3. The molecule has 0 fully saturated rings. The molecule has 0 bridgehead atoms. The van der Waals surface area contributed by atoms with Gasteiger partial charge in [-0.3, -0.25) is 14.4 Å². The van der Waals surface area contributed by atoms with Crippen molar-refractivity contribution in [3.8, 4) is 0 Å². The Balaban J connectivity index is 3.60. The molecule has 0 saturated carbocycles. The molecule has 0 amide bonds. The van der Waals surface area contributed by atoms with Gasteiger partial charge in [0, 0.05) is 12.8 Å². The maximum atomic E-state index is 10.8. The van der Waals surface area contributed by atoms with E-state index < -0.39 is 5.97 Å². The van der Waals surface area contributed by atoms with Gasteiger partial charge in [-0.05, 0) is 6.92 Å². The van der Waals surface area contributed by atoms with E-state index in [1.165, 1.54) is 0 Å². The predicted molar refractivity (Wildman–Crippen MR) is 40.4 cm³/mol. The Morgan fingerprint density at radius 2 is 1.67 bits per heavy atom. The fourth-order valence-corrected chi connectivity index (χ4v) is 0.627. The number of ketones is 2. The van der Waals surface area contributed by atoms with Gasteiger partial charge in [-0.15, -0.1) is 0 Å². The lowest BCUT2D eigenvalue weighted by Gasteiger charge is -1.95. The fourth-order valence-electron chi connectivity index (χ4n) is 0.627. The molecule has 0 aromatic carbocycles. The Morgan fingerprint density at radius 1 is 1.08 bits per heavy atom. The second kappa shape index (κ2) is 5.46. The van der Waals surface area contributed by atoms with Crippen molar-refractivity contribution in [1.29, 1.82) is 0 Å². The van der Waals surface area contributed by atoms with Gasteiger partial charge in [0.1, 0.15) is 11.6 Å². The molecule has 0 aliphatic heterocycles. The van der Waals surface area contributed by atoms with E-state index in [0.717, 1.165) is 0 Å². The molecule has 0 rings (SSSR count). The molecule has 4 nitrogen and oxygen atoms in total. The molecule has 0 aromatic rings. The Kier molecular flexibility index (Phi) is 4.92. The maximum absolute atomic E-state index is 10.8. The van der Waals surface area contributed by atoms with Crippen LogP contribution in [0.15, 0.2) is 0 Å². The molecular weight excluding hydrogens is 160 g/mol. The molecule has 4 heteroatoms. The quantitative estimate of drug-likeness (QED) is 0.588. The van der Waals surface area contributed by atoms with Gasteiger partial charge in [0.15, 0.2) is 0 Å². The van der Waals surface area contributed by atoms with Crippen molar-refractivity contribution < 1.29 is 19.5 Å². The lowest BCUT2D eigenvalue weighted by atomic mass is 10.1. The summed E-state index contributed by atoms with van der Waals surface area (Å²) in [5, 5.41) is 8.19. The Bertz CT molecular complexity index is 195. The van der Waals surface area contributed by atoms with E-state index in [0.29, 0.717) is 0 Å². The average Bonchev–Trinajstić information content (AvgIpc) is 2.00. The number of hydrogen-bond acceptors (Lipinski definition) is 3. The van der Waals surface area contributed by atoms with Crippen LogP contribution >= 0.6 is 0 Å². The molecule has 0 spiro atoms. The summed E-state index contributed by atoms with van der Waals surface area (Å²) in [5.74, 6) is -1.76. The second-order valence-electron chi connectivity index (χ2n) is 2.35. The topological polar surface area (TPSA) is 71.4 Å². The van der Waals surface area contributed by atoms with Crippen LogP contribution in [0, 0.1) is 6.92 Å². The number of carboxylic acid groups (broad SMARTS) is 1. The maximum Gasteiger partial charge on any atom is 0.303 e. The van der Waals surface area contributed by atoms with Crippen LogP contribution in [0.1, 0.15) is 25.7 Å². The normalized spacial score (nSPS) is 9.42. The number of carbonyl (C=O) groups excluding carboxylic acids is 2. The highest BCUT2D eigenvalue weighted by atomic mass is 16.4. The molecule has 0 saturated heterocycles. The largest absolute Gasteiger partial charge is 0.481 e. The lowest BCUT2D eigenvalue weighted by molar-refractivity contribution is -0.139. The van der Waals surface area contributed by atoms with Crippen molar-refractivity contribution >= 4 is 17.5 Å². The van der Waals surface area contributed by atoms with Crippen molar-refractivity contribution in [3.63, 3.8) is 0 Å². The monoisotopic (exact) mass is 170 g/mol. The molecule has 0 heterocycles. The van der Waals surface area contributed by atoms with Gasteiger partial charge in [0.05, 0.1) is 12.8 Å². The van der Waals surface area contributed by atoms with Gasteiger partial charge in [-0.2, -0.15) is 0 Å². The van der Waals surface area contributed by atoms with Crippen molar-refractivity contribution in [1.82, 2.24) is 0 Å². The number of Topliss-reactive ketones (excluding diaryl/α,β-unsaturated/α-hetero) is 2. The average molecular weight is 170 g/mol. The highest BCUT2D eigenvalue weighted by molar-refractivity contribution is 5.99. The molecule has 66 valence electrons. The summed E-state index contributed by atoms with van der Waals surface area (Å²) in [5.41, 5.74) is 0. The minimum absolute atomic E-state index is 0.0962. The van der Waals surface area contributed by atoms with Gasteiger partial charge in [0.25, 0.3) is 0 Å². The van der Waals surface area contributed by atoms with Crippen LogP contribution < -0.4 is 0 Å². The highest BCUT2D eigenvalue weighted by Gasteiger charge is 2.09. The molecular formula is C8H10O4. The molecule has 0 atom stereocenters. The zero-order chi connectivity index (χ0) is 9.56. The van der Waals surface area contributed by atoms with Crippen molar-refractivity contribution in [2.45, 2.75) is 25.7 Å². The number of hydrogen-bond donors (Lipinski definition) is 1. The molecule has 2 radical (unpaired) electrons. The van der Waals surface area contributed by atoms with E-state index in [-0.39, 0.29) is 37.2 Å². The van der Waals surface area contributed by atoms with E-state index in [1.807, 2.05) is 0 Å². The summed E-state index contributed by atoms with van der Waals surface area (Å²) in [6.07, 6.45) is -0.736. The smallest absolute Gasteiger partial charge is 0.303 e. The third-order valence-corrected chi connectivity index (χ3v) is 1.24. The minimum Gasteiger partial charge on any atom is -0.481 e. The van der Waals surface area contributed by atoms with Crippen LogP contribution in [0.25, 0.3) is 0 Å². The van der Waals surface area contributed by atoms with Crippen LogP contribution in [0.5, 0.6) is 0 Å². The summed E-state index contributed by atoms with van der Waals surface area (Å²) in [6, 6.07) is 0. The third kappa shape index (κ3) is 5.58. The van der Waals surface area contributed by atoms with E-state index in [1.54, 1.807) is 0 Å². The van der Waals surface area contributed by atoms with Crippen LogP contribution in [0.3, 0.4) is 0 Å². The molecule has 1 N–H and O–H groups in total. The Morgan fingerprint density at radius 3 is 2.08 bits per heavy atom. The van der Waals surface area contributed by atoms with Gasteiger partial charge >= 0.3 is 5.97 Å². The zero-order valence-electron chi connectivity index (χ0n) is 6.58. The summed E-state index contributed by atoms with van der Waals surface area (Å²) >= 11 is 0. The summed E-state index contributed by atoms with van der Waals surface area (Å²) in [4.78, 5) is 31.3. The first-order chi connectivity index (χ1) is 5.56. The minimum atomic E-state index is -1.04. The van der Waals surface area contributed by atoms with Crippen LogP contribution in [-0.2, 0) is 14.4 Å².